The fourth-order valence-corrected chi connectivity index (χ4v) is 2.70. The zero-order chi connectivity index (χ0) is 16.2. The Labute approximate surface area is 139 Å². The standard InChI is InChI=1S/C18H16ClN3O/c1-13(15-7-3-4-8-16(15)19)21-20-12-18(23)22-11-10-14-6-2-5-9-17(14)22/h2-11,20H,12H2,1H3/b21-13+. The van der Waals surface area contributed by atoms with Crippen LogP contribution in [0.5, 0.6) is 0 Å². The van der Waals surface area contributed by atoms with Crippen LogP contribution in [-0.2, 0) is 0 Å². The van der Waals surface area contributed by atoms with Gasteiger partial charge in [0.25, 0.3) is 5.91 Å². The maximum absolute atomic E-state index is 12.3. The van der Waals surface area contributed by atoms with E-state index < -0.39 is 0 Å². The normalized spacial score (nSPS) is 11.7. The number of rotatable bonds is 4. The van der Waals surface area contributed by atoms with Gasteiger partial charge in [-0.3, -0.25) is 9.36 Å². The van der Waals surface area contributed by atoms with E-state index in [1.807, 2.05) is 61.5 Å². The molecule has 0 unspecified atom stereocenters. The third-order valence-electron chi connectivity index (χ3n) is 3.61. The molecule has 0 radical (unpaired) electrons. The first-order valence-corrected chi connectivity index (χ1v) is 7.66. The predicted octanol–water partition coefficient (Wildman–Crippen LogP) is 3.95. The molecular formula is C18H16ClN3O. The van der Waals surface area contributed by atoms with Gasteiger partial charge in [0, 0.05) is 22.2 Å². The van der Waals surface area contributed by atoms with E-state index in [-0.39, 0.29) is 12.5 Å². The minimum atomic E-state index is -0.0677. The number of hydrogen-bond acceptors (Lipinski definition) is 3. The number of benzene rings is 2. The minimum Gasteiger partial charge on any atom is -0.300 e. The van der Waals surface area contributed by atoms with Crippen LogP contribution in [0.4, 0.5) is 0 Å². The van der Waals surface area contributed by atoms with Crippen LogP contribution in [0.3, 0.4) is 0 Å². The van der Waals surface area contributed by atoms with Gasteiger partial charge in [0.15, 0.2) is 0 Å². The highest BCUT2D eigenvalue weighted by atomic mass is 35.5. The van der Waals surface area contributed by atoms with Crippen LogP contribution in [0.15, 0.2) is 65.9 Å². The molecule has 0 spiro atoms. The monoisotopic (exact) mass is 325 g/mol. The van der Waals surface area contributed by atoms with Crippen LogP contribution in [-0.4, -0.2) is 22.7 Å². The van der Waals surface area contributed by atoms with Gasteiger partial charge in [-0.15, -0.1) is 0 Å². The lowest BCUT2D eigenvalue weighted by molar-refractivity contribution is 0.0918. The summed E-state index contributed by atoms with van der Waals surface area (Å²) in [5.74, 6) is -0.0677. The van der Waals surface area contributed by atoms with Gasteiger partial charge in [-0.1, -0.05) is 48.0 Å². The number of fused-ring (bicyclic) bond motifs is 1. The van der Waals surface area contributed by atoms with Crippen molar-refractivity contribution < 1.29 is 4.79 Å². The van der Waals surface area contributed by atoms with Gasteiger partial charge in [0.2, 0.25) is 0 Å². The van der Waals surface area contributed by atoms with E-state index in [4.69, 9.17) is 11.6 Å². The Morgan fingerprint density at radius 1 is 1.13 bits per heavy atom. The first-order valence-electron chi connectivity index (χ1n) is 7.28. The van der Waals surface area contributed by atoms with Crippen molar-refractivity contribution >= 4 is 34.1 Å². The Bertz CT molecular complexity index is 883. The number of para-hydroxylation sites is 1. The van der Waals surface area contributed by atoms with Gasteiger partial charge in [-0.2, -0.15) is 5.10 Å². The molecule has 4 nitrogen and oxygen atoms in total. The van der Waals surface area contributed by atoms with E-state index in [1.54, 1.807) is 10.8 Å². The summed E-state index contributed by atoms with van der Waals surface area (Å²) in [6.45, 7) is 1.96. The van der Waals surface area contributed by atoms with Crippen molar-refractivity contribution in [2.75, 3.05) is 6.54 Å². The second-order valence-electron chi connectivity index (χ2n) is 5.15. The Balaban J connectivity index is 1.70. The number of hydrogen-bond donors (Lipinski definition) is 1. The summed E-state index contributed by atoms with van der Waals surface area (Å²) in [6, 6.07) is 17.2. The number of aromatic nitrogens is 1. The first kappa shape index (κ1) is 15.3. The highest BCUT2D eigenvalue weighted by Crippen LogP contribution is 2.16. The molecule has 1 N–H and O–H groups in total. The van der Waals surface area contributed by atoms with Crippen molar-refractivity contribution in [3.8, 4) is 0 Å². The zero-order valence-corrected chi connectivity index (χ0v) is 13.4. The second-order valence-corrected chi connectivity index (χ2v) is 5.56. The smallest absolute Gasteiger partial charge is 0.252 e. The lowest BCUT2D eigenvalue weighted by Crippen LogP contribution is -2.24. The average molecular weight is 326 g/mol. The Hall–Kier alpha value is -2.59. The third kappa shape index (κ3) is 3.27. The fourth-order valence-electron chi connectivity index (χ4n) is 2.43. The number of nitrogens with one attached hydrogen (secondary N) is 1. The molecule has 5 heteroatoms. The molecule has 0 aliphatic heterocycles. The highest BCUT2D eigenvalue weighted by molar-refractivity contribution is 6.34. The first-order chi connectivity index (χ1) is 11.2. The molecule has 1 heterocycles. The van der Waals surface area contributed by atoms with Crippen molar-refractivity contribution in [1.29, 1.82) is 0 Å². The molecule has 0 atom stereocenters. The zero-order valence-electron chi connectivity index (χ0n) is 12.7. The second kappa shape index (κ2) is 6.67. The Morgan fingerprint density at radius 3 is 2.70 bits per heavy atom. The summed E-state index contributed by atoms with van der Waals surface area (Å²) in [5.41, 5.74) is 5.30. The van der Waals surface area contributed by atoms with E-state index in [1.165, 1.54) is 0 Å². The summed E-state index contributed by atoms with van der Waals surface area (Å²) in [7, 11) is 0. The van der Waals surface area contributed by atoms with Crippen LogP contribution in [0.25, 0.3) is 10.9 Å². The molecule has 0 fully saturated rings. The SMILES string of the molecule is C/C(=N\NCC(=O)n1ccc2ccccc21)c1ccccc1Cl. The molecule has 0 saturated heterocycles. The molecule has 0 amide bonds. The molecule has 3 rings (SSSR count). The molecule has 0 bridgehead atoms. The van der Waals surface area contributed by atoms with Crippen molar-refractivity contribution in [3.63, 3.8) is 0 Å². The topological polar surface area (TPSA) is 46.4 Å². The predicted molar refractivity (Wildman–Crippen MR) is 94.2 cm³/mol. The molecule has 1 aromatic heterocycles. The fraction of sp³-hybridized carbons (Fsp3) is 0.111. The van der Waals surface area contributed by atoms with Crippen molar-refractivity contribution in [1.82, 2.24) is 9.99 Å². The van der Waals surface area contributed by atoms with E-state index >= 15 is 0 Å². The van der Waals surface area contributed by atoms with Gasteiger partial charge >= 0.3 is 0 Å². The molecule has 2 aromatic carbocycles. The number of carbonyl (C=O) groups is 1. The molecule has 23 heavy (non-hydrogen) atoms. The van der Waals surface area contributed by atoms with Gasteiger partial charge in [-0.25, -0.2) is 0 Å². The van der Waals surface area contributed by atoms with E-state index in [9.17, 15) is 4.79 Å². The van der Waals surface area contributed by atoms with Gasteiger partial charge in [0.1, 0.15) is 6.54 Å². The summed E-state index contributed by atoms with van der Waals surface area (Å²) in [6.07, 6.45) is 1.78. The van der Waals surface area contributed by atoms with Gasteiger partial charge in [-0.05, 0) is 25.1 Å². The van der Waals surface area contributed by atoms with E-state index in [0.29, 0.717) is 5.02 Å². The molecule has 0 aliphatic carbocycles. The van der Waals surface area contributed by atoms with Crippen molar-refractivity contribution in [2.24, 2.45) is 5.10 Å². The van der Waals surface area contributed by atoms with Crippen LogP contribution < -0.4 is 5.43 Å². The number of hydrazone groups is 1. The molecule has 116 valence electrons. The number of halogens is 1. The quantitative estimate of drug-likeness (QED) is 0.583. The summed E-state index contributed by atoms with van der Waals surface area (Å²) in [5, 5.41) is 5.91. The highest BCUT2D eigenvalue weighted by Gasteiger charge is 2.08. The van der Waals surface area contributed by atoms with Crippen LogP contribution in [0, 0.1) is 0 Å². The lowest BCUT2D eigenvalue weighted by atomic mass is 10.1. The van der Waals surface area contributed by atoms with Crippen molar-refractivity contribution in [3.05, 3.63) is 71.4 Å². The van der Waals surface area contributed by atoms with Gasteiger partial charge < -0.3 is 5.43 Å². The van der Waals surface area contributed by atoms with Crippen molar-refractivity contribution in [2.45, 2.75) is 6.92 Å². The van der Waals surface area contributed by atoms with E-state index in [2.05, 4.69) is 10.5 Å². The van der Waals surface area contributed by atoms with Crippen LogP contribution in [0.2, 0.25) is 5.02 Å². The average Bonchev–Trinajstić information content (AvgIpc) is 2.99. The van der Waals surface area contributed by atoms with Gasteiger partial charge in [0.05, 0.1) is 11.2 Å². The Kier molecular flexibility index (Phi) is 4.44. The largest absolute Gasteiger partial charge is 0.300 e. The lowest BCUT2D eigenvalue weighted by Gasteiger charge is -2.06. The minimum absolute atomic E-state index is 0.0677. The van der Waals surface area contributed by atoms with Crippen LogP contribution >= 0.6 is 11.6 Å². The van der Waals surface area contributed by atoms with Crippen LogP contribution in [0.1, 0.15) is 17.3 Å². The summed E-state index contributed by atoms with van der Waals surface area (Å²) in [4.78, 5) is 12.3. The maximum atomic E-state index is 12.3. The molecule has 0 aliphatic rings. The maximum Gasteiger partial charge on any atom is 0.252 e. The molecule has 0 saturated carbocycles. The summed E-state index contributed by atoms with van der Waals surface area (Å²) < 4.78 is 1.63. The number of nitrogens with zero attached hydrogens (tertiary/aromatic N) is 2. The molecular weight excluding hydrogens is 310 g/mol. The number of carbonyl (C=O) groups excluding carboxylic acids is 1. The third-order valence-corrected chi connectivity index (χ3v) is 3.94. The molecule has 3 aromatic rings. The Morgan fingerprint density at radius 2 is 1.87 bits per heavy atom. The van der Waals surface area contributed by atoms with E-state index in [0.717, 1.165) is 22.2 Å². The summed E-state index contributed by atoms with van der Waals surface area (Å²) >= 11 is 6.13.